The molecule has 5 heteroatoms. The molecular formula is C14H13BrN2OS. The summed E-state index contributed by atoms with van der Waals surface area (Å²) in [6, 6.07) is 14.0. The monoisotopic (exact) mass is 336 g/mol. The van der Waals surface area contributed by atoms with Gasteiger partial charge < -0.3 is 10.9 Å². The Kier molecular flexibility index (Phi) is 4.50. The quantitative estimate of drug-likeness (QED) is 0.385. The zero-order valence-electron chi connectivity index (χ0n) is 10.3. The Morgan fingerprint density at radius 2 is 1.89 bits per heavy atom. The van der Waals surface area contributed by atoms with Crippen molar-refractivity contribution < 1.29 is 5.21 Å². The minimum atomic E-state index is 0.104. The van der Waals surface area contributed by atoms with Crippen LogP contribution < -0.4 is 5.73 Å². The molecule has 98 valence electrons. The predicted molar refractivity (Wildman–Crippen MR) is 82.0 cm³/mol. The Morgan fingerprint density at radius 3 is 2.47 bits per heavy atom. The molecule has 0 aliphatic carbocycles. The van der Waals surface area contributed by atoms with Gasteiger partial charge in [0.05, 0.1) is 0 Å². The molecule has 2 aromatic carbocycles. The molecule has 0 atom stereocenters. The summed E-state index contributed by atoms with van der Waals surface area (Å²) in [4.78, 5) is 2.25. The van der Waals surface area contributed by atoms with Gasteiger partial charge in [0.1, 0.15) is 0 Å². The molecule has 0 bridgehead atoms. The maximum atomic E-state index is 8.65. The van der Waals surface area contributed by atoms with Crippen molar-refractivity contribution in [3.63, 3.8) is 0 Å². The fourth-order valence-electron chi connectivity index (χ4n) is 1.53. The van der Waals surface area contributed by atoms with E-state index in [4.69, 9.17) is 10.9 Å². The van der Waals surface area contributed by atoms with E-state index >= 15 is 0 Å². The molecule has 0 heterocycles. The van der Waals surface area contributed by atoms with Crippen LogP contribution in [0.4, 0.5) is 0 Å². The lowest BCUT2D eigenvalue weighted by molar-refractivity contribution is 0.318. The van der Waals surface area contributed by atoms with E-state index in [-0.39, 0.29) is 5.84 Å². The normalized spacial score (nSPS) is 11.6. The number of nitrogens with two attached hydrogens (primary N) is 1. The average Bonchev–Trinajstić information content (AvgIpc) is 2.42. The van der Waals surface area contributed by atoms with Crippen LogP contribution in [0, 0.1) is 6.92 Å². The van der Waals surface area contributed by atoms with Crippen LogP contribution in [0.25, 0.3) is 0 Å². The summed E-state index contributed by atoms with van der Waals surface area (Å²) in [5.74, 6) is 0.104. The molecule has 0 saturated heterocycles. The first-order chi connectivity index (χ1) is 9.10. The molecular weight excluding hydrogens is 324 g/mol. The topological polar surface area (TPSA) is 58.6 Å². The summed E-state index contributed by atoms with van der Waals surface area (Å²) in [6.45, 7) is 2.07. The number of amidine groups is 1. The Hall–Kier alpha value is -1.46. The lowest BCUT2D eigenvalue weighted by atomic mass is 10.2. The maximum Gasteiger partial charge on any atom is 0.170 e. The van der Waals surface area contributed by atoms with E-state index < -0.39 is 0 Å². The molecule has 3 nitrogen and oxygen atoms in total. The first kappa shape index (κ1) is 14.0. The van der Waals surface area contributed by atoms with E-state index in [0.717, 1.165) is 9.37 Å². The summed E-state index contributed by atoms with van der Waals surface area (Å²) >= 11 is 5.16. The molecule has 0 radical (unpaired) electrons. The maximum absolute atomic E-state index is 8.65. The van der Waals surface area contributed by atoms with Gasteiger partial charge in [0.25, 0.3) is 0 Å². The van der Waals surface area contributed by atoms with E-state index in [2.05, 4.69) is 52.3 Å². The van der Waals surface area contributed by atoms with E-state index in [0.29, 0.717) is 5.56 Å². The Morgan fingerprint density at radius 1 is 1.21 bits per heavy atom. The van der Waals surface area contributed by atoms with Crippen LogP contribution in [0.15, 0.2) is 61.9 Å². The zero-order chi connectivity index (χ0) is 13.8. The van der Waals surface area contributed by atoms with E-state index in [1.807, 2.05) is 18.2 Å². The Balaban J connectivity index is 2.24. The third-order valence-corrected chi connectivity index (χ3v) is 4.59. The van der Waals surface area contributed by atoms with Crippen molar-refractivity contribution in [1.82, 2.24) is 0 Å². The van der Waals surface area contributed by atoms with Crippen LogP contribution in [-0.4, -0.2) is 11.0 Å². The molecule has 0 spiro atoms. The van der Waals surface area contributed by atoms with Gasteiger partial charge in [-0.1, -0.05) is 34.6 Å². The van der Waals surface area contributed by atoms with Crippen LogP contribution in [0.3, 0.4) is 0 Å². The molecule has 3 N–H and O–H groups in total. The minimum absolute atomic E-state index is 0.104. The standard InChI is InChI=1S/C14H13BrN2OS/c1-9-2-5-11(6-3-9)19-13-7-4-10(8-12(13)15)14(16)17-18/h2-8,18H,1H3,(H2,16,17). The van der Waals surface area contributed by atoms with E-state index in [1.54, 1.807) is 11.8 Å². The number of benzene rings is 2. The van der Waals surface area contributed by atoms with Crippen molar-refractivity contribution in [1.29, 1.82) is 0 Å². The molecule has 0 unspecified atom stereocenters. The van der Waals surface area contributed by atoms with Gasteiger partial charge in [-0.15, -0.1) is 0 Å². The van der Waals surface area contributed by atoms with Crippen LogP contribution in [-0.2, 0) is 0 Å². The van der Waals surface area contributed by atoms with Crippen LogP contribution in [0.1, 0.15) is 11.1 Å². The lowest BCUT2D eigenvalue weighted by Gasteiger charge is -2.07. The molecule has 0 aromatic heterocycles. The van der Waals surface area contributed by atoms with Gasteiger partial charge in [-0.3, -0.25) is 0 Å². The highest BCUT2D eigenvalue weighted by atomic mass is 79.9. The molecule has 2 aromatic rings. The molecule has 2 rings (SSSR count). The molecule has 0 aliphatic heterocycles. The molecule has 0 saturated carbocycles. The number of halogens is 1. The summed E-state index contributed by atoms with van der Waals surface area (Å²) in [7, 11) is 0. The van der Waals surface area contributed by atoms with Crippen LogP contribution in [0.2, 0.25) is 0 Å². The summed E-state index contributed by atoms with van der Waals surface area (Å²) < 4.78 is 0.919. The number of hydrogen-bond acceptors (Lipinski definition) is 3. The fourth-order valence-corrected chi connectivity index (χ4v) is 2.97. The first-order valence-corrected chi connectivity index (χ1v) is 7.23. The van der Waals surface area contributed by atoms with Gasteiger partial charge in [-0.2, -0.15) is 0 Å². The average molecular weight is 337 g/mol. The first-order valence-electron chi connectivity index (χ1n) is 5.62. The lowest BCUT2D eigenvalue weighted by Crippen LogP contribution is -2.12. The number of oxime groups is 1. The van der Waals surface area contributed by atoms with Crippen LogP contribution in [0.5, 0.6) is 0 Å². The second kappa shape index (κ2) is 6.12. The number of aryl methyl sites for hydroxylation is 1. The summed E-state index contributed by atoms with van der Waals surface area (Å²) in [6.07, 6.45) is 0. The predicted octanol–water partition coefficient (Wildman–Crippen LogP) is 4.00. The number of nitrogens with zero attached hydrogens (tertiary/aromatic N) is 1. The second-order valence-electron chi connectivity index (χ2n) is 4.05. The van der Waals surface area contributed by atoms with Crippen LogP contribution >= 0.6 is 27.7 Å². The molecule has 0 aliphatic rings. The Bertz CT molecular complexity index is 611. The number of hydrogen-bond donors (Lipinski definition) is 2. The summed E-state index contributed by atoms with van der Waals surface area (Å²) in [5, 5.41) is 11.6. The smallest absolute Gasteiger partial charge is 0.170 e. The third kappa shape index (κ3) is 3.52. The van der Waals surface area contributed by atoms with Crippen molar-refractivity contribution >= 4 is 33.5 Å². The third-order valence-electron chi connectivity index (χ3n) is 2.58. The summed E-state index contributed by atoms with van der Waals surface area (Å²) in [5.41, 5.74) is 7.48. The molecule has 0 fully saturated rings. The second-order valence-corrected chi connectivity index (χ2v) is 6.02. The van der Waals surface area contributed by atoms with Gasteiger partial charge in [-0.25, -0.2) is 0 Å². The molecule has 0 amide bonds. The van der Waals surface area contributed by atoms with Gasteiger partial charge in [0.15, 0.2) is 5.84 Å². The zero-order valence-corrected chi connectivity index (χ0v) is 12.7. The van der Waals surface area contributed by atoms with E-state index in [9.17, 15) is 0 Å². The minimum Gasteiger partial charge on any atom is -0.409 e. The largest absolute Gasteiger partial charge is 0.409 e. The highest BCUT2D eigenvalue weighted by Gasteiger charge is 2.06. The SMILES string of the molecule is Cc1ccc(Sc2ccc(/C(N)=N/O)cc2Br)cc1. The van der Waals surface area contributed by atoms with Gasteiger partial charge >= 0.3 is 0 Å². The van der Waals surface area contributed by atoms with Crippen molar-refractivity contribution in [3.05, 3.63) is 58.1 Å². The van der Waals surface area contributed by atoms with Crippen molar-refractivity contribution in [3.8, 4) is 0 Å². The Labute approximate surface area is 124 Å². The van der Waals surface area contributed by atoms with Gasteiger partial charge in [0, 0.05) is 19.8 Å². The molecule has 19 heavy (non-hydrogen) atoms. The number of rotatable bonds is 3. The van der Waals surface area contributed by atoms with Gasteiger partial charge in [-0.05, 0) is 53.2 Å². The van der Waals surface area contributed by atoms with Crippen molar-refractivity contribution in [2.75, 3.05) is 0 Å². The van der Waals surface area contributed by atoms with Crippen molar-refractivity contribution in [2.45, 2.75) is 16.7 Å². The van der Waals surface area contributed by atoms with Crippen molar-refractivity contribution in [2.24, 2.45) is 10.9 Å². The fraction of sp³-hybridized carbons (Fsp3) is 0.0714. The highest BCUT2D eigenvalue weighted by molar-refractivity contribution is 9.10. The highest BCUT2D eigenvalue weighted by Crippen LogP contribution is 2.34. The van der Waals surface area contributed by atoms with Gasteiger partial charge in [0.2, 0.25) is 0 Å². The van der Waals surface area contributed by atoms with E-state index in [1.165, 1.54) is 10.5 Å².